The van der Waals surface area contributed by atoms with Gasteiger partial charge in [-0.15, -0.1) is 5.10 Å². The molecule has 5 heteroatoms. The number of piperidine rings is 1. The molecule has 5 nitrogen and oxygen atoms in total. The Hall–Kier alpha value is -1.23. The molecule has 1 aliphatic heterocycles. The zero-order chi connectivity index (χ0) is 15.2. The maximum atomic E-state index is 4.73. The van der Waals surface area contributed by atoms with E-state index in [9.17, 15) is 0 Å². The third kappa shape index (κ3) is 3.90. The van der Waals surface area contributed by atoms with Crippen molar-refractivity contribution in [3.8, 4) is 0 Å². The molecule has 1 fully saturated rings. The second-order valence-corrected chi connectivity index (χ2v) is 5.88. The Balaban J connectivity index is 1.99. The van der Waals surface area contributed by atoms with E-state index in [2.05, 4.69) is 48.1 Å². The van der Waals surface area contributed by atoms with Crippen LogP contribution in [0.3, 0.4) is 0 Å². The molecule has 1 N–H and O–H groups in total. The summed E-state index contributed by atoms with van der Waals surface area (Å²) in [6.45, 7) is 11.8. The van der Waals surface area contributed by atoms with Crippen molar-refractivity contribution in [2.24, 2.45) is 5.92 Å². The van der Waals surface area contributed by atoms with Crippen molar-refractivity contribution in [3.05, 3.63) is 11.4 Å². The Labute approximate surface area is 128 Å². The van der Waals surface area contributed by atoms with E-state index in [1.165, 1.54) is 12.8 Å². The van der Waals surface area contributed by atoms with Crippen LogP contribution in [-0.2, 0) is 12.8 Å². The summed E-state index contributed by atoms with van der Waals surface area (Å²) < 4.78 is 0. The van der Waals surface area contributed by atoms with Crippen LogP contribution < -0.4 is 10.2 Å². The quantitative estimate of drug-likeness (QED) is 0.871. The predicted octanol–water partition coefficient (Wildman–Crippen LogP) is 2.21. The first-order chi connectivity index (χ1) is 10.2. The second kappa shape index (κ2) is 7.69. The fourth-order valence-corrected chi connectivity index (χ4v) is 3.15. The van der Waals surface area contributed by atoms with Crippen LogP contribution in [0.15, 0.2) is 0 Å². The van der Waals surface area contributed by atoms with Gasteiger partial charge in [0.15, 0.2) is 0 Å². The molecule has 2 rings (SSSR count). The molecule has 1 atom stereocenters. The lowest BCUT2D eigenvalue weighted by atomic mass is 9.90. The zero-order valence-corrected chi connectivity index (χ0v) is 13.9. The summed E-state index contributed by atoms with van der Waals surface area (Å²) in [6.07, 6.45) is 4.24. The van der Waals surface area contributed by atoms with Gasteiger partial charge in [-0.3, -0.25) is 0 Å². The molecule has 0 aromatic carbocycles. The average Bonchev–Trinajstić information content (AvgIpc) is 2.54. The third-order valence-electron chi connectivity index (χ3n) is 4.55. The van der Waals surface area contributed by atoms with Gasteiger partial charge in [0, 0.05) is 19.1 Å². The lowest BCUT2D eigenvalue weighted by molar-refractivity contribution is 0.313. The lowest BCUT2D eigenvalue weighted by Crippen LogP contribution is -2.42. The Morgan fingerprint density at radius 3 is 2.33 bits per heavy atom. The Kier molecular flexibility index (Phi) is 5.91. The van der Waals surface area contributed by atoms with E-state index in [0.29, 0.717) is 6.04 Å². The fraction of sp³-hybridized carbons (Fsp3) is 0.812. The lowest BCUT2D eigenvalue weighted by Gasteiger charge is -2.35. The number of aryl methyl sites for hydroxylation is 2. The number of anilines is 1. The largest absolute Gasteiger partial charge is 0.339 e. The third-order valence-corrected chi connectivity index (χ3v) is 4.55. The van der Waals surface area contributed by atoms with Crippen molar-refractivity contribution in [2.75, 3.05) is 24.5 Å². The van der Waals surface area contributed by atoms with Gasteiger partial charge in [0.05, 0.1) is 11.4 Å². The molecule has 1 unspecified atom stereocenters. The van der Waals surface area contributed by atoms with Crippen LogP contribution in [-0.4, -0.2) is 40.9 Å². The molecule has 0 amide bonds. The zero-order valence-electron chi connectivity index (χ0n) is 13.9. The van der Waals surface area contributed by atoms with Crippen LogP contribution in [0.5, 0.6) is 0 Å². The van der Waals surface area contributed by atoms with Gasteiger partial charge in [0.2, 0.25) is 5.95 Å². The number of rotatable bonds is 6. The predicted molar refractivity (Wildman–Crippen MR) is 86.7 cm³/mol. The highest BCUT2D eigenvalue weighted by Gasteiger charge is 2.25. The van der Waals surface area contributed by atoms with Crippen molar-refractivity contribution < 1.29 is 0 Å². The summed E-state index contributed by atoms with van der Waals surface area (Å²) in [5.74, 6) is 1.58. The van der Waals surface area contributed by atoms with Crippen molar-refractivity contribution in [1.82, 2.24) is 20.5 Å². The Morgan fingerprint density at radius 1 is 1.10 bits per heavy atom. The molecule has 0 spiro atoms. The van der Waals surface area contributed by atoms with Crippen molar-refractivity contribution in [1.29, 1.82) is 0 Å². The van der Waals surface area contributed by atoms with E-state index in [-0.39, 0.29) is 0 Å². The van der Waals surface area contributed by atoms with Gasteiger partial charge in [0.25, 0.3) is 0 Å². The normalized spacial score (nSPS) is 18.0. The van der Waals surface area contributed by atoms with E-state index < -0.39 is 0 Å². The molecule has 118 valence electrons. The highest BCUT2D eigenvalue weighted by Crippen LogP contribution is 2.23. The summed E-state index contributed by atoms with van der Waals surface area (Å²) >= 11 is 0. The minimum atomic E-state index is 0.602. The molecule has 2 heterocycles. The number of nitrogens with one attached hydrogen (secondary N) is 1. The van der Waals surface area contributed by atoms with Gasteiger partial charge in [-0.05, 0) is 45.1 Å². The number of nitrogens with zero attached hydrogens (tertiary/aromatic N) is 4. The molecule has 0 bridgehead atoms. The van der Waals surface area contributed by atoms with E-state index in [1.54, 1.807) is 0 Å². The van der Waals surface area contributed by atoms with Crippen LogP contribution in [0.2, 0.25) is 0 Å². The standard InChI is InChI=1S/C16H29N5/c1-5-14-15(6-2)19-20-16(18-14)21-10-8-13(9-11-21)12(4)17-7-3/h12-13,17H,5-11H2,1-4H3. The molecule has 21 heavy (non-hydrogen) atoms. The van der Waals surface area contributed by atoms with E-state index in [1.807, 2.05) is 0 Å². The highest BCUT2D eigenvalue weighted by atomic mass is 15.3. The smallest absolute Gasteiger partial charge is 0.245 e. The summed E-state index contributed by atoms with van der Waals surface area (Å²) in [5, 5.41) is 12.2. The minimum Gasteiger partial charge on any atom is -0.339 e. The highest BCUT2D eigenvalue weighted by molar-refractivity contribution is 5.31. The maximum absolute atomic E-state index is 4.73. The summed E-state index contributed by atoms with van der Waals surface area (Å²) in [4.78, 5) is 7.02. The Morgan fingerprint density at radius 2 is 1.76 bits per heavy atom. The molecule has 1 aromatic heterocycles. The van der Waals surface area contributed by atoms with Crippen molar-refractivity contribution >= 4 is 5.95 Å². The first-order valence-corrected chi connectivity index (χ1v) is 8.40. The van der Waals surface area contributed by atoms with Gasteiger partial charge in [0.1, 0.15) is 0 Å². The van der Waals surface area contributed by atoms with Crippen molar-refractivity contribution in [2.45, 2.75) is 59.4 Å². The monoisotopic (exact) mass is 291 g/mol. The second-order valence-electron chi connectivity index (χ2n) is 5.88. The summed E-state index contributed by atoms with van der Waals surface area (Å²) in [7, 11) is 0. The first-order valence-electron chi connectivity index (χ1n) is 8.40. The number of hydrogen-bond donors (Lipinski definition) is 1. The molecule has 1 saturated heterocycles. The van der Waals surface area contributed by atoms with E-state index >= 15 is 0 Å². The van der Waals surface area contributed by atoms with Crippen LogP contribution in [0.25, 0.3) is 0 Å². The molecular weight excluding hydrogens is 262 g/mol. The topological polar surface area (TPSA) is 53.9 Å². The van der Waals surface area contributed by atoms with Gasteiger partial charge in [-0.25, -0.2) is 4.98 Å². The number of hydrogen-bond acceptors (Lipinski definition) is 5. The average molecular weight is 291 g/mol. The maximum Gasteiger partial charge on any atom is 0.245 e. The molecule has 1 aliphatic rings. The summed E-state index contributed by atoms with van der Waals surface area (Å²) in [5.41, 5.74) is 2.14. The first kappa shape index (κ1) is 16.1. The van der Waals surface area contributed by atoms with Gasteiger partial charge >= 0.3 is 0 Å². The van der Waals surface area contributed by atoms with Crippen LogP contribution in [0.1, 0.15) is 51.9 Å². The van der Waals surface area contributed by atoms with Crippen molar-refractivity contribution in [3.63, 3.8) is 0 Å². The SMILES string of the molecule is CCNC(C)C1CCN(c2nnc(CC)c(CC)n2)CC1. The number of aromatic nitrogens is 3. The molecule has 1 aromatic rings. The Bertz CT molecular complexity index is 440. The summed E-state index contributed by atoms with van der Waals surface area (Å²) in [6, 6.07) is 0.602. The molecule has 0 aliphatic carbocycles. The van der Waals surface area contributed by atoms with Gasteiger partial charge in [-0.1, -0.05) is 20.8 Å². The van der Waals surface area contributed by atoms with E-state index in [0.717, 1.165) is 55.7 Å². The molecule has 0 radical (unpaired) electrons. The van der Waals surface area contributed by atoms with E-state index in [4.69, 9.17) is 4.98 Å². The minimum absolute atomic E-state index is 0.602. The molecular formula is C16H29N5. The van der Waals surface area contributed by atoms with Crippen LogP contribution in [0, 0.1) is 5.92 Å². The molecule has 0 saturated carbocycles. The van der Waals surface area contributed by atoms with Crippen LogP contribution >= 0.6 is 0 Å². The van der Waals surface area contributed by atoms with Gasteiger partial charge < -0.3 is 10.2 Å². The van der Waals surface area contributed by atoms with Gasteiger partial charge in [-0.2, -0.15) is 5.10 Å². The van der Waals surface area contributed by atoms with Crippen LogP contribution in [0.4, 0.5) is 5.95 Å². The fourth-order valence-electron chi connectivity index (χ4n) is 3.15.